The van der Waals surface area contributed by atoms with Gasteiger partial charge in [0, 0.05) is 16.9 Å². The van der Waals surface area contributed by atoms with Crippen LogP contribution >= 0.6 is 0 Å². The third-order valence-electron chi connectivity index (χ3n) is 3.92. The highest BCUT2D eigenvalue weighted by Crippen LogP contribution is 2.19. The van der Waals surface area contributed by atoms with E-state index in [4.69, 9.17) is 10.00 Å². The number of aromatic amines is 1. The van der Waals surface area contributed by atoms with Crippen molar-refractivity contribution in [3.05, 3.63) is 52.8 Å². The SMILES string of the molecule is CC(=O)c1c(C)[nH]c(C(=O)OCC(=O)N(CC#N)c2ccccc2)c1C. The number of anilines is 1. The minimum absolute atomic E-state index is 0.145. The molecule has 7 heteroatoms. The van der Waals surface area contributed by atoms with Crippen LogP contribution in [0.3, 0.4) is 0 Å². The number of hydrogen-bond donors (Lipinski definition) is 1. The first-order chi connectivity index (χ1) is 12.4. The molecule has 26 heavy (non-hydrogen) atoms. The van der Waals surface area contributed by atoms with Crippen LogP contribution in [-0.2, 0) is 9.53 Å². The van der Waals surface area contributed by atoms with E-state index in [0.29, 0.717) is 22.5 Å². The average Bonchev–Trinajstić information content (AvgIpc) is 2.92. The number of hydrogen-bond acceptors (Lipinski definition) is 5. The number of Topliss-reactive ketones (excluding diaryl/α,β-unsaturated/α-hetero) is 1. The summed E-state index contributed by atoms with van der Waals surface area (Å²) in [5.74, 6) is -1.40. The molecule has 0 atom stereocenters. The van der Waals surface area contributed by atoms with Crippen LogP contribution in [0.2, 0.25) is 0 Å². The highest BCUT2D eigenvalue weighted by molar-refractivity contribution is 6.02. The van der Waals surface area contributed by atoms with Gasteiger partial charge in [-0.25, -0.2) is 4.79 Å². The fourth-order valence-electron chi connectivity index (χ4n) is 2.76. The Labute approximate surface area is 151 Å². The Hall–Kier alpha value is -3.40. The maximum atomic E-state index is 12.4. The van der Waals surface area contributed by atoms with Crippen LogP contribution in [-0.4, -0.2) is 35.8 Å². The molecular weight excluding hydrogens is 334 g/mol. The number of aryl methyl sites for hydroxylation is 1. The number of ketones is 1. The largest absolute Gasteiger partial charge is 0.451 e. The molecule has 0 bridgehead atoms. The second-order valence-electron chi connectivity index (χ2n) is 5.73. The average molecular weight is 353 g/mol. The van der Waals surface area contributed by atoms with Crippen LogP contribution in [0.1, 0.15) is 39.0 Å². The second kappa shape index (κ2) is 8.12. The molecule has 2 aromatic rings. The van der Waals surface area contributed by atoms with Gasteiger partial charge < -0.3 is 9.72 Å². The Bertz CT molecular complexity index is 878. The molecule has 7 nitrogen and oxygen atoms in total. The number of H-pyrrole nitrogens is 1. The van der Waals surface area contributed by atoms with Crippen LogP contribution < -0.4 is 4.90 Å². The van der Waals surface area contributed by atoms with E-state index < -0.39 is 18.5 Å². The Morgan fingerprint density at radius 3 is 2.38 bits per heavy atom. The predicted molar refractivity (Wildman–Crippen MR) is 95.0 cm³/mol. The molecule has 1 amide bonds. The third-order valence-corrected chi connectivity index (χ3v) is 3.92. The summed E-state index contributed by atoms with van der Waals surface area (Å²) in [5.41, 5.74) is 2.19. The minimum Gasteiger partial charge on any atom is -0.451 e. The zero-order valence-corrected chi connectivity index (χ0v) is 14.8. The quantitative estimate of drug-likeness (QED) is 0.488. The van der Waals surface area contributed by atoms with Crippen molar-refractivity contribution in [3.63, 3.8) is 0 Å². The number of nitriles is 1. The van der Waals surface area contributed by atoms with Gasteiger partial charge in [0.15, 0.2) is 12.4 Å². The van der Waals surface area contributed by atoms with E-state index in [1.807, 2.05) is 6.07 Å². The van der Waals surface area contributed by atoms with Crippen molar-refractivity contribution in [2.45, 2.75) is 20.8 Å². The maximum absolute atomic E-state index is 12.4. The fourth-order valence-corrected chi connectivity index (χ4v) is 2.76. The normalized spacial score (nSPS) is 10.1. The number of carbonyl (C=O) groups excluding carboxylic acids is 3. The summed E-state index contributed by atoms with van der Waals surface area (Å²) in [6, 6.07) is 10.6. The van der Waals surface area contributed by atoms with Gasteiger partial charge in [-0.3, -0.25) is 14.5 Å². The van der Waals surface area contributed by atoms with Crippen LogP contribution in [0, 0.1) is 25.2 Å². The smallest absolute Gasteiger partial charge is 0.355 e. The van der Waals surface area contributed by atoms with Crippen LogP contribution in [0.4, 0.5) is 5.69 Å². The van der Waals surface area contributed by atoms with Crippen molar-refractivity contribution >= 4 is 23.3 Å². The zero-order valence-electron chi connectivity index (χ0n) is 14.8. The number of nitrogens with zero attached hydrogens (tertiary/aromatic N) is 2. The number of nitrogens with one attached hydrogen (secondary N) is 1. The van der Waals surface area contributed by atoms with Crippen molar-refractivity contribution in [1.82, 2.24) is 4.98 Å². The van der Waals surface area contributed by atoms with Crippen molar-refractivity contribution in [3.8, 4) is 6.07 Å². The lowest BCUT2D eigenvalue weighted by Gasteiger charge is -2.19. The van der Waals surface area contributed by atoms with Gasteiger partial charge in [-0.15, -0.1) is 0 Å². The molecule has 1 N–H and O–H groups in total. The first-order valence-corrected chi connectivity index (χ1v) is 7.96. The van der Waals surface area contributed by atoms with Gasteiger partial charge in [0.25, 0.3) is 5.91 Å². The van der Waals surface area contributed by atoms with Crippen molar-refractivity contribution in [1.29, 1.82) is 5.26 Å². The second-order valence-corrected chi connectivity index (χ2v) is 5.73. The Balaban J connectivity index is 2.11. The monoisotopic (exact) mass is 353 g/mol. The van der Waals surface area contributed by atoms with Gasteiger partial charge >= 0.3 is 5.97 Å². The molecule has 0 saturated carbocycles. The summed E-state index contributed by atoms with van der Waals surface area (Å²) in [5, 5.41) is 8.94. The Kier molecular flexibility index (Phi) is 5.91. The number of carbonyl (C=O) groups is 3. The highest BCUT2D eigenvalue weighted by Gasteiger charge is 2.23. The predicted octanol–water partition coefficient (Wildman–Crippen LogP) is 2.55. The van der Waals surface area contributed by atoms with Crippen LogP contribution in [0.15, 0.2) is 30.3 Å². The molecule has 0 radical (unpaired) electrons. The van der Waals surface area contributed by atoms with Gasteiger partial charge in [-0.05, 0) is 38.5 Å². The molecule has 0 unspecified atom stereocenters. The lowest BCUT2D eigenvalue weighted by Crippen LogP contribution is -2.35. The number of esters is 1. The molecular formula is C19H19N3O4. The Morgan fingerprint density at radius 2 is 1.85 bits per heavy atom. The molecule has 1 aromatic heterocycles. The summed E-state index contributed by atoms with van der Waals surface area (Å²) in [6.45, 7) is 4.08. The van der Waals surface area contributed by atoms with Gasteiger partial charge in [-0.2, -0.15) is 5.26 Å². The van der Waals surface area contributed by atoms with E-state index >= 15 is 0 Å². The molecule has 2 rings (SSSR count). The van der Waals surface area contributed by atoms with Crippen LogP contribution in [0.25, 0.3) is 0 Å². The Morgan fingerprint density at radius 1 is 1.19 bits per heavy atom. The molecule has 134 valence electrons. The molecule has 1 heterocycles. The van der Waals surface area contributed by atoms with E-state index in [1.165, 1.54) is 11.8 Å². The van der Waals surface area contributed by atoms with Crippen molar-refractivity contribution in [2.75, 3.05) is 18.1 Å². The summed E-state index contributed by atoms with van der Waals surface area (Å²) in [7, 11) is 0. The number of rotatable bonds is 6. The zero-order chi connectivity index (χ0) is 19.3. The molecule has 0 saturated heterocycles. The van der Waals surface area contributed by atoms with E-state index in [1.54, 1.807) is 44.2 Å². The molecule has 0 fully saturated rings. The number of ether oxygens (including phenoxy) is 1. The van der Waals surface area contributed by atoms with Crippen LogP contribution in [0.5, 0.6) is 0 Å². The summed E-state index contributed by atoms with van der Waals surface area (Å²) in [4.78, 5) is 40.4. The van der Waals surface area contributed by atoms with Gasteiger partial charge in [0.2, 0.25) is 0 Å². The van der Waals surface area contributed by atoms with E-state index in [9.17, 15) is 14.4 Å². The number of benzene rings is 1. The lowest BCUT2D eigenvalue weighted by molar-refractivity contribution is -0.121. The highest BCUT2D eigenvalue weighted by atomic mass is 16.5. The summed E-state index contributed by atoms with van der Waals surface area (Å²) < 4.78 is 5.09. The molecule has 0 spiro atoms. The molecule has 1 aromatic carbocycles. The van der Waals surface area contributed by atoms with Gasteiger partial charge in [-0.1, -0.05) is 18.2 Å². The van der Waals surface area contributed by atoms with Gasteiger partial charge in [0.1, 0.15) is 12.2 Å². The van der Waals surface area contributed by atoms with Crippen molar-refractivity contribution < 1.29 is 19.1 Å². The third kappa shape index (κ3) is 3.98. The number of para-hydroxylation sites is 1. The minimum atomic E-state index is -0.726. The first-order valence-electron chi connectivity index (χ1n) is 7.96. The molecule has 0 aliphatic rings. The number of amides is 1. The lowest BCUT2D eigenvalue weighted by atomic mass is 10.1. The topological polar surface area (TPSA) is 103 Å². The van der Waals surface area contributed by atoms with Crippen molar-refractivity contribution in [2.24, 2.45) is 0 Å². The number of aromatic nitrogens is 1. The first kappa shape index (κ1) is 18.9. The maximum Gasteiger partial charge on any atom is 0.355 e. The fraction of sp³-hybridized carbons (Fsp3) is 0.263. The van der Waals surface area contributed by atoms with E-state index in [0.717, 1.165) is 0 Å². The van der Waals surface area contributed by atoms with E-state index in [2.05, 4.69) is 4.98 Å². The molecule has 0 aliphatic carbocycles. The summed E-state index contributed by atoms with van der Waals surface area (Å²) in [6.07, 6.45) is 0. The standard InChI is InChI=1S/C19H19N3O4/c1-12-17(14(3)23)13(2)21-18(12)19(25)26-11-16(24)22(10-9-20)15-7-5-4-6-8-15/h4-8,21H,10-11H2,1-3H3. The summed E-state index contributed by atoms with van der Waals surface area (Å²) >= 11 is 0. The molecule has 0 aliphatic heterocycles. The van der Waals surface area contributed by atoms with Gasteiger partial charge in [0.05, 0.1) is 6.07 Å². The van der Waals surface area contributed by atoms with E-state index in [-0.39, 0.29) is 18.0 Å².